The quantitative estimate of drug-likeness (QED) is 0.670. The molecule has 0 fully saturated rings. The lowest BCUT2D eigenvalue weighted by atomic mass is 10.2. The van der Waals surface area contributed by atoms with Gasteiger partial charge in [-0.25, -0.2) is 0 Å². The number of halogens is 1. The second-order valence-corrected chi connectivity index (χ2v) is 4.21. The predicted octanol–water partition coefficient (Wildman–Crippen LogP) is 4.01. The third kappa shape index (κ3) is 2.62. The van der Waals surface area contributed by atoms with E-state index in [1.807, 2.05) is 13.0 Å². The van der Waals surface area contributed by atoms with Crippen LogP contribution in [0.2, 0.25) is 5.02 Å². The maximum atomic E-state index is 10.6. The molecule has 1 heterocycles. The summed E-state index contributed by atoms with van der Waals surface area (Å²) >= 11 is 5.83. The summed E-state index contributed by atoms with van der Waals surface area (Å²) in [6.45, 7) is 1.92. The van der Waals surface area contributed by atoms with Crippen molar-refractivity contribution in [1.82, 2.24) is 0 Å². The van der Waals surface area contributed by atoms with Crippen molar-refractivity contribution in [2.75, 3.05) is 5.32 Å². The van der Waals surface area contributed by atoms with Crippen molar-refractivity contribution < 1.29 is 9.34 Å². The van der Waals surface area contributed by atoms with E-state index in [-0.39, 0.29) is 16.8 Å². The summed E-state index contributed by atoms with van der Waals surface area (Å²) in [4.78, 5) is 10.1. The minimum atomic E-state index is -0.512. The van der Waals surface area contributed by atoms with E-state index in [1.165, 1.54) is 12.1 Å². The molecule has 0 amide bonds. The zero-order chi connectivity index (χ0) is 13.1. The molecule has 2 rings (SSSR count). The lowest BCUT2D eigenvalue weighted by Crippen LogP contribution is -2.05. The van der Waals surface area contributed by atoms with Crippen LogP contribution in [0.5, 0.6) is 0 Å². The Labute approximate surface area is 109 Å². The molecular formula is C12H11ClN2O3. The first-order valence-electron chi connectivity index (χ1n) is 5.32. The van der Waals surface area contributed by atoms with Crippen molar-refractivity contribution in [3.8, 4) is 0 Å². The Hall–Kier alpha value is -2.01. The molecule has 2 aromatic rings. The molecule has 0 aliphatic heterocycles. The van der Waals surface area contributed by atoms with Gasteiger partial charge in [0.15, 0.2) is 0 Å². The summed E-state index contributed by atoms with van der Waals surface area (Å²) in [5.41, 5.74) is 0.599. The highest BCUT2D eigenvalue weighted by molar-refractivity contribution is 6.32. The first-order chi connectivity index (χ1) is 8.58. The summed E-state index contributed by atoms with van der Waals surface area (Å²) in [7, 11) is 0. The van der Waals surface area contributed by atoms with Crippen LogP contribution < -0.4 is 5.32 Å². The summed E-state index contributed by atoms with van der Waals surface area (Å²) in [5, 5.41) is 13.9. The van der Waals surface area contributed by atoms with Gasteiger partial charge >= 0.3 is 0 Å². The molecule has 1 aromatic carbocycles. The summed E-state index contributed by atoms with van der Waals surface area (Å²) in [6.07, 6.45) is 1.59. The van der Waals surface area contributed by atoms with Crippen molar-refractivity contribution in [1.29, 1.82) is 0 Å². The van der Waals surface area contributed by atoms with E-state index in [2.05, 4.69) is 5.32 Å². The largest absolute Gasteiger partial charge is 0.467 e. The molecular weight excluding hydrogens is 256 g/mol. The second-order valence-electron chi connectivity index (χ2n) is 3.80. The number of nitrogens with one attached hydrogen (secondary N) is 1. The fourth-order valence-corrected chi connectivity index (χ4v) is 1.85. The molecule has 0 bridgehead atoms. The number of hydrogen-bond acceptors (Lipinski definition) is 4. The Morgan fingerprint density at radius 3 is 2.78 bits per heavy atom. The van der Waals surface area contributed by atoms with Gasteiger partial charge in [-0.3, -0.25) is 10.1 Å². The van der Waals surface area contributed by atoms with Gasteiger partial charge in [-0.05, 0) is 31.2 Å². The van der Waals surface area contributed by atoms with E-state index < -0.39 is 4.92 Å². The first kappa shape index (κ1) is 12.4. The maximum Gasteiger partial charge on any atom is 0.288 e. The van der Waals surface area contributed by atoms with Gasteiger partial charge in [0.1, 0.15) is 10.8 Å². The van der Waals surface area contributed by atoms with E-state index in [4.69, 9.17) is 16.0 Å². The number of nitro groups is 1. The highest BCUT2D eigenvalue weighted by atomic mass is 35.5. The molecule has 1 N–H and O–H groups in total. The number of anilines is 1. The number of hydrogen-bond donors (Lipinski definition) is 1. The Kier molecular flexibility index (Phi) is 3.53. The fourth-order valence-electron chi connectivity index (χ4n) is 1.60. The normalized spacial score (nSPS) is 12.1. The predicted molar refractivity (Wildman–Crippen MR) is 68.9 cm³/mol. The Bertz CT molecular complexity index is 554. The fraction of sp³-hybridized carbons (Fsp3) is 0.167. The van der Waals surface area contributed by atoms with Crippen molar-refractivity contribution in [3.05, 3.63) is 57.5 Å². The summed E-state index contributed by atoms with van der Waals surface area (Å²) in [6, 6.07) is 8.13. The molecule has 6 heteroatoms. The molecule has 0 saturated carbocycles. The number of furan rings is 1. The lowest BCUT2D eigenvalue weighted by molar-refractivity contribution is -0.384. The minimum absolute atomic E-state index is 0.0440. The number of nitro benzene ring substituents is 1. The molecule has 5 nitrogen and oxygen atoms in total. The molecule has 1 atom stereocenters. The zero-order valence-electron chi connectivity index (χ0n) is 9.59. The van der Waals surface area contributed by atoms with E-state index in [1.54, 1.807) is 18.4 Å². The van der Waals surface area contributed by atoms with Crippen LogP contribution in [0.3, 0.4) is 0 Å². The Morgan fingerprint density at radius 1 is 1.44 bits per heavy atom. The molecule has 0 saturated heterocycles. The summed E-state index contributed by atoms with van der Waals surface area (Å²) < 4.78 is 5.26. The zero-order valence-corrected chi connectivity index (χ0v) is 10.3. The average Bonchev–Trinajstić information content (AvgIpc) is 2.81. The van der Waals surface area contributed by atoms with E-state index in [0.717, 1.165) is 5.76 Å². The highest BCUT2D eigenvalue weighted by Gasteiger charge is 2.14. The van der Waals surface area contributed by atoms with Crippen molar-refractivity contribution in [2.45, 2.75) is 13.0 Å². The maximum absolute atomic E-state index is 10.6. The molecule has 0 spiro atoms. The topological polar surface area (TPSA) is 68.3 Å². The van der Waals surface area contributed by atoms with Crippen LogP contribution in [0.1, 0.15) is 18.7 Å². The Morgan fingerprint density at radius 2 is 2.22 bits per heavy atom. The smallest absolute Gasteiger partial charge is 0.288 e. The monoisotopic (exact) mass is 266 g/mol. The van der Waals surface area contributed by atoms with E-state index in [9.17, 15) is 10.1 Å². The standard InChI is InChI=1S/C12H11ClN2O3/c1-8(12-3-2-6-18-12)14-9-4-5-11(15(16)17)10(13)7-9/h2-8,14H,1H3. The van der Waals surface area contributed by atoms with E-state index in [0.29, 0.717) is 5.69 Å². The van der Waals surface area contributed by atoms with Crippen molar-refractivity contribution >= 4 is 23.0 Å². The number of rotatable bonds is 4. The Balaban J connectivity index is 2.15. The van der Waals surface area contributed by atoms with Gasteiger partial charge < -0.3 is 9.73 Å². The molecule has 1 aromatic heterocycles. The van der Waals surface area contributed by atoms with E-state index >= 15 is 0 Å². The van der Waals surface area contributed by atoms with Crippen LogP contribution in [0.15, 0.2) is 41.0 Å². The van der Waals surface area contributed by atoms with Crippen molar-refractivity contribution in [2.24, 2.45) is 0 Å². The van der Waals surface area contributed by atoms with Gasteiger partial charge in [-0.15, -0.1) is 0 Å². The molecule has 18 heavy (non-hydrogen) atoms. The first-order valence-corrected chi connectivity index (χ1v) is 5.69. The van der Waals surface area contributed by atoms with Gasteiger partial charge in [0, 0.05) is 11.8 Å². The highest BCUT2D eigenvalue weighted by Crippen LogP contribution is 2.29. The SMILES string of the molecule is CC(Nc1ccc([N+](=O)[O-])c(Cl)c1)c1ccco1. The molecule has 1 unspecified atom stereocenters. The minimum Gasteiger partial charge on any atom is -0.467 e. The van der Waals surface area contributed by atoms with Gasteiger partial charge in [0.25, 0.3) is 5.69 Å². The molecule has 94 valence electrons. The van der Waals surface area contributed by atoms with Gasteiger partial charge in [-0.2, -0.15) is 0 Å². The van der Waals surface area contributed by atoms with Crippen LogP contribution in [0.4, 0.5) is 11.4 Å². The van der Waals surface area contributed by atoms with Gasteiger partial charge in [0.05, 0.1) is 17.2 Å². The van der Waals surface area contributed by atoms with Crippen LogP contribution in [-0.4, -0.2) is 4.92 Å². The van der Waals surface area contributed by atoms with Crippen LogP contribution in [0.25, 0.3) is 0 Å². The van der Waals surface area contributed by atoms with Gasteiger partial charge in [0.2, 0.25) is 0 Å². The third-order valence-corrected chi connectivity index (χ3v) is 2.80. The molecule has 0 aliphatic rings. The van der Waals surface area contributed by atoms with Crippen molar-refractivity contribution in [3.63, 3.8) is 0 Å². The van der Waals surface area contributed by atoms with Crippen LogP contribution in [-0.2, 0) is 0 Å². The molecule has 0 aliphatic carbocycles. The summed E-state index contributed by atoms with van der Waals surface area (Å²) in [5.74, 6) is 0.782. The van der Waals surface area contributed by atoms with Crippen LogP contribution in [0, 0.1) is 10.1 Å². The number of benzene rings is 1. The third-order valence-electron chi connectivity index (χ3n) is 2.50. The number of nitrogens with zero attached hydrogens (tertiary/aromatic N) is 1. The van der Waals surface area contributed by atoms with Crippen LogP contribution >= 0.6 is 11.6 Å². The molecule has 0 radical (unpaired) electrons. The second kappa shape index (κ2) is 5.10. The van der Waals surface area contributed by atoms with Gasteiger partial charge in [-0.1, -0.05) is 11.6 Å². The average molecular weight is 267 g/mol. The lowest BCUT2D eigenvalue weighted by Gasteiger charge is -2.12.